The largest absolute Gasteiger partial charge is 0.298 e. The summed E-state index contributed by atoms with van der Waals surface area (Å²) in [6, 6.07) is 0. The third-order valence-electron chi connectivity index (χ3n) is 2.53. The minimum atomic E-state index is 0.283. The van der Waals surface area contributed by atoms with E-state index in [2.05, 4.69) is 13.8 Å². The van der Waals surface area contributed by atoms with E-state index in [1.165, 1.54) is 18.6 Å². The summed E-state index contributed by atoms with van der Waals surface area (Å²) >= 11 is 3.82. The molecule has 0 saturated carbocycles. The highest BCUT2D eigenvalue weighted by atomic mass is 32.2. The topological polar surface area (TPSA) is 17.1 Å². The van der Waals surface area contributed by atoms with E-state index in [1.54, 1.807) is 0 Å². The van der Waals surface area contributed by atoms with Gasteiger partial charge in [0.15, 0.2) is 0 Å². The Bertz CT molecular complexity index is 182. The molecule has 0 spiro atoms. The monoisotopic (exact) mass is 232 g/mol. The van der Waals surface area contributed by atoms with Crippen molar-refractivity contribution in [2.75, 3.05) is 11.5 Å². The lowest BCUT2D eigenvalue weighted by Gasteiger charge is -2.26. The maximum absolute atomic E-state index is 11.8. The highest BCUT2D eigenvalue weighted by molar-refractivity contribution is 8.07. The maximum atomic E-state index is 11.8. The number of Topliss-reactive ketones (excluding diaryl/α,β-unsaturated/α-hetero) is 1. The Kier molecular flexibility index (Phi) is 6.02. The molecule has 1 aliphatic rings. The first-order valence-electron chi connectivity index (χ1n) is 5.51. The Hall–Kier alpha value is 0.370. The van der Waals surface area contributed by atoms with Crippen LogP contribution in [0.15, 0.2) is 0 Å². The van der Waals surface area contributed by atoms with Gasteiger partial charge in [-0.3, -0.25) is 4.79 Å². The Morgan fingerprint density at radius 2 is 2.00 bits per heavy atom. The van der Waals surface area contributed by atoms with Crippen molar-refractivity contribution in [2.24, 2.45) is 0 Å². The summed E-state index contributed by atoms with van der Waals surface area (Å²) in [7, 11) is 0. The van der Waals surface area contributed by atoms with Gasteiger partial charge < -0.3 is 0 Å². The molecular weight excluding hydrogens is 212 g/mol. The van der Waals surface area contributed by atoms with Crippen LogP contribution in [0.5, 0.6) is 0 Å². The van der Waals surface area contributed by atoms with Gasteiger partial charge in [0.1, 0.15) is 5.78 Å². The van der Waals surface area contributed by atoms with Crippen LogP contribution in [0.1, 0.15) is 39.5 Å². The summed E-state index contributed by atoms with van der Waals surface area (Å²) in [5, 5.41) is 0.813. The number of thioether (sulfide) groups is 2. The highest BCUT2D eigenvalue weighted by Gasteiger charge is 2.27. The minimum Gasteiger partial charge on any atom is -0.298 e. The van der Waals surface area contributed by atoms with Crippen molar-refractivity contribution in [1.82, 2.24) is 0 Å². The van der Waals surface area contributed by atoms with Crippen LogP contribution >= 0.6 is 23.5 Å². The van der Waals surface area contributed by atoms with Crippen molar-refractivity contribution in [3.63, 3.8) is 0 Å². The molecule has 0 aromatic carbocycles. The van der Waals surface area contributed by atoms with Gasteiger partial charge in [-0.15, -0.1) is 11.8 Å². The number of hydrogen-bond donors (Lipinski definition) is 0. The predicted molar refractivity (Wildman–Crippen MR) is 67.3 cm³/mol. The van der Waals surface area contributed by atoms with Crippen molar-refractivity contribution >= 4 is 29.3 Å². The summed E-state index contributed by atoms with van der Waals surface area (Å²) in [5.74, 6) is 2.85. The average molecular weight is 232 g/mol. The smallest absolute Gasteiger partial charge is 0.146 e. The molecule has 2 atom stereocenters. The lowest BCUT2D eigenvalue weighted by molar-refractivity contribution is -0.118. The Labute approximate surface area is 95.8 Å². The van der Waals surface area contributed by atoms with Crippen molar-refractivity contribution in [2.45, 2.75) is 50.0 Å². The number of unbranched alkanes of at least 4 members (excludes halogenated alkanes) is 2. The third kappa shape index (κ3) is 3.85. The Morgan fingerprint density at radius 1 is 1.29 bits per heavy atom. The predicted octanol–water partition coefficient (Wildman–Crippen LogP) is 3.37. The van der Waals surface area contributed by atoms with Crippen LogP contribution in [0.25, 0.3) is 0 Å². The van der Waals surface area contributed by atoms with E-state index >= 15 is 0 Å². The Balaban J connectivity index is 2.27. The van der Waals surface area contributed by atoms with Gasteiger partial charge in [0, 0.05) is 23.2 Å². The molecule has 1 nitrogen and oxygen atoms in total. The average Bonchev–Trinajstić information content (AvgIpc) is 2.18. The summed E-state index contributed by atoms with van der Waals surface area (Å²) < 4.78 is 0. The molecule has 0 aromatic heterocycles. The van der Waals surface area contributed by atoms with Gasteiger partial charge in [0.05, 0.1) is 5.25 Å². The molecule has 0 aromatic rings. The summed E-state index contributed by atoms with van der Waals surface area (Å²) in [5.41, 5.74) is 0. The van der Waals surface area contributed by atoms with Crippen molar-refractivity contribution in [3.8, 4) is 0 Å². The Morgan fingerprint density at radius 3 is 2.64 bits per heavy atom. The van der Waals surface area contributed by atoms with Crippen molar-refractivity contribution < 1.29 is 4.79 Å². The van der Waals surface area contributed by atoms with E-state index in [9.17, 15) is 4.79 Å². The molecule has 1 rings (SSSR count). The van der Waals surface area contributed by atoms with Crippen LogP contribution in [-0.2, 0) is 4.79 Å². The zero-order chi connectivity index (χ0) is 10.4. The fourth-order valence-corrected chi connectivity index (χ4v) is 4.45. The highest BCUT2D eigenvalue weighted by Crippen LogP contribution is 2.32. The van der Waals surface area contributed by atoms with Gasteiger partial charge in [0.2, 0.25) is 0 Å². The second-order valence-corrected chi connectivity index (χ2v) is 6.53. The van der Waals surface area contributed by atoms with Gasteiger partial charge >= 0.3 is 0 Å². The molecule has 0 bridgehead atoms. The number of ketones is 1. The van der Waals surface area contributed by atoms with E-state index in [0.29, 0.717) is 11.0 Å². The van der Waals surface area contributed by atoms with Gasteiger partial charge in [-0.05, 0) is 6.42 Å². The zero-order valence-electron chi connectivity index (χ0n) is 9.12. The van der Waals surface area contributed by atoms with Crippen LogP contribution in [0.2, 0.25) is 0 Å². The molecule has 1 saturated heterocycles. The van der Waals surface area contributed by atoms with Gasteiger partial charge in [-0.2, -0.15) is 11.8 Å². The molecule has 14 heavy (non-hydrogen) atoms. The second-order valence-electron chi connectivity index (χ2n) is 3.79. The number of hydrogen-bond acceptors (Lipinski definition) is 3. The molecule has 1 heterocycles. The zero-order valence-corrected chi connectivity index (χ0v) is 10.8. The quantitative estimate of drug-likeness (QED) is 0.677. The first-order valence-corrected chi connectivity index (χ1v) is 7.61. The van der Waals surface area contributed by atoms with E-state index in [1.807, 2.05) is 23.5 Å². The molecule has 0 radical (unpaired) electrons. The van der Waals surface area contributed by atoms with Crippen LogP contribution in [0, 0.1) is 0 Å². The van der Waals surface area contributed by atoms with E-state index < -0.39 is 0 Å². The maximum Gasteiger partial charge on any atom is 0.146 e. The van der Waals surface area contributed by atoms with Crippen molar-refractivity contribution in [1.29, 1.82) is 0 Å². The van der Waals surface area contributed by atoms with Crippen LogP contribution in [-0.4, -0.2) is 27.8 Å². The molecule has 0 aliphatic carbocycles. The first-order chi connectivity index (χ1) is 6.75. The molecular formula is C11H20OS2. The second kappa shape index (κ2) is 6.78. The molecule has 0 N–H and O–H groups in total. The van der Waals surface area contributed by atoms with Crippen LogP contribution < -0.4 is 0 Å². The van der Waals surface area contributed by atoms with E-state index in [0.717, 1.165) is 18.6 Å². The lowest BCUT2D eigenvalue weighted by Crippen LogP contribution is -2.30. The summed E-state index contributed by atoms with van der Waals surface area (Å²) in [6.07, 6.45) is 4.29. The third-order valence-corrected chi connectivity index (χ3v) is 5.67. The van der Waals surface area contributed by atoms with Gasteiger partial charge in [-0.1, -0.05) is 26.7 Å². The SMILES string of the molecule is CCCCCC(=O)C1SCCSC1C. The summed E-state index contributed by atoms with van der Waals surface area (Å²) in [4.78, 5) is 11.8. The van der Waals surface area contributed by atoms with Crippen molar-refractivity contribution in [3.05, 3.63) is 0 Å². The van der Waals surface area contributed by atoms with E-state index in [4.69, 9.17) is 0 Å². The molecule has 1 aliphatic heterocycles. The standard InChI is InChI=1S/C11H20OS2/c1-3-4-5-6-10(12)11-9(2)13-7-8-14-11/h9,11H,3-8H2,1-2H3. The number of carbonyl (C=O) groups is 1. The fourth-order valence-electron chi connectivity index (χ4n) is 1.68. The van der Waals surface area contributed by atoms with Gasteiger partial charge in [0.25, 0.3) is 0 Å². The van der Waals surface area contributed by atoms with Crippen LogP contribution in [0.4, 0.5) is 0 Å². The first kappa shape index (κ1) is 12.4. The van der Waals surface area contributed by atoms with E-state index in [-0.39, 0.29) is 5.25 Å². The van der Waals surface area contributed by atoms with Gasteiger partial charge in [-0.25, -0.2) is 0 Å². The molecule has 82 valence electrons. The minimum absolute atomic E-state index is 0.283. The molecule has 3 heteroatoms. The molecule has 2 unspecified atom stereocenters. The lowest BCUT2D eigenvalue weighted by atomic mass is 10.1. The van der Waals surface area contributed by atoms with Crippen LogP contribution in [0.3, 0.4) is 0 Å². The number of rotatable bonds is 5. The molecule has 1 fully saturated rings. The normalized spacial score (nSPS) is 27.6. The number of carbonyl (C=O) groups excluding carboxylic acids is 1. The fraction of sp³-hybridized carbons (Fsp3) is 0.909. The molecule has 0 amide bonds. The summed E-state index contributed by atoms with van der Waals surface area (Å²) in [6.45, 7) is 4.37.